The smallest absolute Gasteiger partial charge is 0.251 e. The number of rotatable bonds is 10. The summed E-state index contributed by atoms with van der Waals surface area (Å²) >= 11 is 0. The number of fused-ring (bicyclic) bond motifs is 1. The van der Waals surface area contributed by atoms with Crippen LogP contribution in [0.3, 0.4) is 0 Å². The summed E-state index contributed by atoms with van der Waals surface area (Å²) in [6.45, 7) is 0.535. The van der Waals surface area contributed by atoms with Crippen molar-refractivity contribution >= 4 is 28.4 Å². The SMILES string of the molecule is COc1ccccc1C(C(=O)Nc1ccccc1)N(CCc1c[nH]c2ccccc12)C(=O)CCN. The quantitative estimate of drug-likeness (QED) is 0.322. The first-order valence-electron chi connectivity index (χ1n) is 11.7. The van der Waals surface area contributed by atoms with Gasteiger partial charge in [-0.05, 0) is 36.2 Å². The summed E-state index contributed by atoms with van der Waals surface area (Å²) in [5.74, 6) is 0.0369. The predicted octanol–water partition coefficient (Wildman–Crippen LogP) is 4.28. The Hall–Kier alpha value is -4.10. The van der Waals surface area contributed by atoms with E-state index in [1.54, 1.807) is 18.1 Å². The number of nitrogens with zero attached hydrogens (tertiary/aromatic N) is 1. The summed E-state index contributed by atoms with van der Waals surface area (Å²) in [5.41, 5.74) is 9.13. The highest BCUT2D eigenvalue weighted by Gasteiger charge is 2.33. The number of hydrogen-bond donors (Lipinski definition) is 3. The summed E-state index contributed by atoms with van der Waals surface area (Å²) in [4.78, 5) is 32.0. The average Bonchev–Trinajstić information content (AvgIpc) is 3.30. The van der Waals surface area contributed by atoms with Gasteiger partial charge in [0.25, 0.3) is 5.91 Å². The second-order valence-electron chi connectivity index (χ2n) is 8.24. The molecule has 0 fully saturated rings. The zero-order valence-corrected chi connectivity index (χ0v) is 19.7. The molecule has 7 heteroatoms. The summed E-state index contributed by atoms with van der Waals surface area (Å²) in [7, 11) is 1.56. The maximum atomic E-state index is 13.7. The molecule has 1 heterocycles. The molecule has 2 amide bonds. The predicted molar refractivity (Wildman–Crippen MR) is 138 cm³/mol. The Kier molecular flexibility index (Phi) is 7.80. The van der Waals surface area contributed by atoms with Crippen molar-refractivity contribution < 1.29 is 14.3 Å². The van der Waals surface area contributed by atoms with E-state index >= 15 is 0 Å². The Morgan fingerprint density at radius 1 is 1.00 bits per heavy atom. The third-order valence-electron chi connectivity index (χ3n) is 6.01. The van der Waals surface area contributed by atoms with Crippen LogP contribution in [0.2, 0.25) is 0 Å². The molecule has 0 radical (unpaired) electrons. The van der Waals surface area contributed by atoms with Crippen LogP contribution in [0, 0.1) is 0 Å². The fourth-order valence-corrected chi connectivity index (χ4v) is 4.32. The van der Waals surface area contributed by atoms with Gasteiger partial charge in [-0.2, -0.15) is 0 Å². The maximum Gasteiger partial charge on any atom is 0.251 e. The van der Waals surface area contributed by atoms with E-state index in [0.29, 0.717) is 30.0 Å². The molecule has 3 aromatic carbocycles. The van der Waals surface area contributed by atoms with Crippen LogP contribution < -0.4 is 15.8 Å². The van der Waals surface area contributed by atoms with Crippen molar-refractivity contribution in [3.63, 3.8) is 0 Å². The average molecular weight is 471 g/mol. The fourth-order valence-electron chi connectivity index (χ4n) is 4.32. The number of hydrogen-bond acceptors (Lipinski definition) is 4. The minimum atomic E-state index is -0.893. The lowest BCUT2D eigenvalue weighted by Crippen LogP contribution is -2.43. The van der Waals surface area contributed by atoms with E-state index < -0.39 is 6.04 Å². The minimum absolute atomic E-state index is 0.137. The standard InChI is InChI=1S/C28H30N4O3/c1-35-25-14-8-6-12-23(25)27(28(34)31-21-9-3-2-4-10-21)32(26(33)15-17-29)18-16-20-19-30-24-13-7-5-11-22(20)24/h2-14,19,27,30H,15-18,29H2,1H3,(H,31,34). The van der Waals surface area contributed by atoms with Crippen LogP contribution in [-0.4, -0.2) is 41.9 Å². The molecule has 0 aliphatic carbocycles. The van der Waals surface area contributed by atoms with Gasteiger partial charge < -0.3 is 25.7 Å². The highest BCUT2D eigenvalue weighted by molar-refractivity contribution is 5.98. The second kappa shape index (κ2) is 11.4. The number of para-hydroxylation sites is 3. The van der Waals surface area contributed by atoms with E-state index in [2.05, 4.69) is 10.3 Å². The minimum Gasteiger partial charge on any atom is -0.496 e. The van der Waals surface area contributed by atoms with Gasteiger partial charge in [0.2, 0.25) is 5.91 Å². The van der Waals surface area contributed by atoms with Gasteiger partial charge in [0.1, 0.15) is 11.8 Å². The Labute approximate surface area is 204 Å². The van der Waals surface area contributed by atoms with E-state index in [4.69, 9.17) is 10.5 Å². The molecule has 0 aliphatic heterocycles. The molecule has 0 spiro atoms. The van der Waals surface area contributed by atoms with E-state index in [1.165, 1.54) is 0 Å². The third kappa shape index (κ3) is 5.53. The molecule has 0 saturated carbocycles. The van der Waals surface area contributed by atoms with E-state index in [0.717, 1.165) is 16.5 Å². The number of ether oxygens (including phenoxy) is 1. The first-order valence-corrected chi connectivity index (χ1v) is 11.7. The van der Waals surface area contributed by atoms with Crippen LogP contribution >= 0.6 is 0 Å². The summed E-state index contributed by atoms with van der Waals surface area (Å²) in [5, 5.41) is 4.06. The van der Waals surface area contributed by atoms with Crippen molar-refractivity contribution in [2.75, 3.05) is 25.5 Å². The molecule has 1 unspecified atom stereocenters. The molecule has 4 aromatic rings. The number of benzene rings is 3. The van der Waals surface area contributed by atoms with Crippen LogP contribution in [0.15, 0.2) is 85.1 Å². The van der Waals surface area contributed by atoms with Gasteiger partial charge in [0.05, 0.1) is 7.11 Å². The number of carbonyl (C=O) groups is 2. The number of anilines is 1. The zero-order valence-electron chi connectivity index (χ0n) is 19.7. The number of aromatic nitrogens is 1. The van der Waals surface area contributed by atoms with Crippen molar-refractivity contribution in [1.82, 2.24) is 9.88 Å². The molecule has 4 N–H and O–H groups in total. The van der Waals surface area contributed by atoms with Crippen LogP contribution in [-0.2, 0) is 16.0 Å². The molecular weight excluding hydrogens is 440 g/mol. The highest BCUT2D eigenvalue weighted by atomic mass is 16.5. The van der Waals surface area contributed by atoms with Crippen LogP contribution in [0.4, 0.5) is 5.69 Å². The van der Waals surface area contributed by atoms with Crippen molar-refractivity contribution in [3.8, 4) is 5.75 Å². The Morgan fingerprint density at radius 3 is 2.49 bits per heavy atom. The van der Waals surface area contributed by atoms with Crippen molar-refractivity contribution in [2.24, 2.45) is 5.73 Å². The lowest BCUT2D eigenvalue weighted by atomic mass is 10.0. The van der Waals surface area contributed by atoms with E-state index in [9.17, 15) is 9.59 Å². The maximum absolute atomic E-state index is 13.7. The van der Waals surface area contributed by atoms with Crippen LogP contribution in [0.1, 0.15) is 23.6 Å². The number of H-pyrrole nitrogens is 1. The molecule has 0 saturated heterocycles. The zero-order chi connectivity index (χ0) is 24.6. The van der Waals surface area contributed by atoms with Crippen LogP contribution in [0.5, 0.6) is 5.75 Å². The van der Waals surface area contributed by atoms with Crippen molar-refractivity contribution in [2.45, 2.75) is 18.9 Å². The molecule has 1 atom stereocenters. The molecule has 4 rings (SSSR count). The normalized spacial score (nSPS) is 11.7. The topological polar surface area (TPSA) is 100 Å². The van der Waals surface area contributed by atoms with Gasteiger partial charge in [-0.1, -0.05) is 54.6 Å². The molecule has 0 aliphatic rings. The fraction of sp³-hybridized carbons (Fsp3) is 0.214. The van der Waals surface area contributed by atoms with Gasteiger partial charge >= 0.3 is 0 Å². The Morgan fingerprint density at radius 2 is 1.71 bits per heavy atom. The number of methoxy groups -OCH3 is 1. The molecule has 35 heavy (non-hydrogen) atoms. The monoisotopic (exact) mass is 470 g/mol. The van der Waals surface area contributed by atoms with Gasteiger partial charge in [-0.25, -0.2) is 0 Å². The Balaban J connectivity index is 1.71. The highest BCUT2D eigenvalue weighted by Crippen LogP contribution is 2.32. The Bertz CT molecular complexity index is 1290. The lowest BCUT2D eigenvalue weighted by molar-refractivity contribution is -0.138. The van der Waals surface area contributed by atoms with E-state index in [-0.39, 0.29) is 24.8 Å². The van der Waals surface area contributed by atoms with Gasteiger partial charge in [-0.15, -0.1) is 0 Å². The van der Waals surface area contributed by atoms with E-state index in [1.807, 2.05) is 79.0 Å². The third-order valence-corrected chi connectivity index (χ3v) is 6.01. The molecule has 1 aromatic heterocycles. The largest absolute Gasteiger partial charge is 0.496 e. The number of carbonyl (C=O) groups excluding carboxylic acids is 2. The van der Waals surface area contributed by atoms with Gasteiger partial charge in [0.15, 0.2) is 0 Å². The van der Waals surface area contributed by atoms with Crippen LogP contribution in [0.25, 0.3) is 10.9 Å². The lowest BCUT2D eigenvalue weighted by Gasteiger charge is -2.32. The van der Waals surface area contributed by atoms with Gasteiger partial charge in [-0.3, -0.25) is 9.59 Å². The summed E-state index contributed by atoms with van der Waals surface area (Å²) in [6.07, 6.45) is 2.67. The molecule has 180 valence electrons. The summed E-state index contributed by atoms with van der Waals surface area (Å²) < 4.78 is 5.58. The molecule has 7 nitrogen and oxygen atoms in total. The number of amides is 2. The number of nitrogens with one attached hydrogen (secondary N) is 2. The van der Waals surface area contributed by atoms with Gasteiger partial charge in [0, 0.05) is 47.9 Å². The molecular formula is C28H30N4O3. The first-order chi connectivity index (χ1) is 17.1. The second-order valence-corrected chi connectivity index (χ2v) is 8.24. The molecule has 0 bridgehead atoms. The van der Waals surface area contributed by atoms with Crippen molar-refractivity contribution in [3.05, 3.63) is 96.2 Å². The van der Waals surface area contributed by atoms with Crippen molar-refractivity contribution in [1.29, 1.82) is 0 Å². The number of nitrogens with two attached hydrogens (primary N) is 1. The summed E-state index contributed by atoms with van der Waals surface area (Å²) in [6, 6.07) is 23.6. The first kappa shape index (κ1) is 24.0. The number of aromatic amines is 1.